The van der Waals surface area contributed by atoms with Crippen molar-refractivity contribution in [3.05, 3.63) is 59.9 Å². The molecule has 0 unspecified atom stereocenters. The van der Waals surface area contributed by atoms with Crippen molar-refractivity contribution in [3.8, 4) is 5.75 Å². The Balaban J connectivity index is 1.76. The largest absolute Gasteiger partial charge is 0.491 e. The number of hydrogen-bond acceptors (Lipinski definition) is 5. The molecule has 0 spiro atoms. The van der Waals surface area contributed by atoms with E-state index in [0.717, 1.165) is 0 Å². The van der Waals surface area contributed by atoms with Gasteiger partial charge in [0.15, 0.2) is 0 Å². The van der Waals surface area contributed by atoms with Crippen molar-refractivity contribution in [2.45, 2.75) is 26.6 Å². The lowest BCUT2D eigenvalue weighted by Crippen LogP contribution is -2.30. The first-order valence-corrected chi connectivity index (χ1v) is 7.65. The smallest absolute Gasteiger partial charge is 0.325 e. The zero-order valence-corrected chi connectivity index (χ0v) is 13.7. The van der Waals surface area contributed by atoms with E-state index in [0.29, 0.717) is 17.0 Å². The van der Waals surface area contributed by atoms with Crippen LogP contribution in [0.1, 0.15) is 29.9 Å². The van der Waals surface area contributed by atoms with Gasteiger partial charge in [0.25, 0.3) is 5.91 Å². The lowest BCUT2D eigenvalue weighted by atomic mass is 10.2. The number of nitrogens with one attached hydrogen (secondary N) is 1. The van der Waals surface area contributed by atoms with Crippen molar-refractivity contribution in [1.82, 2.24) is 10.3 Å². The number of rotatable bonds is 7. The number of nitrogens with zero attached hydrogens (tertiary/aromatic N) is 1. The maximum atomic E-state index is 12.0. The molecule has 0 saturated heterocycles. The van der Waals surface area contributed by atoms with Gasteiger partial charge in [0.2, 0.25) is 0 Å². The summed E-state index contributed by atoms with van der Waals surface area (Å²) < 4.78 is 10.6. The number of ether oxygens (including phenoxy) is 2. The zero-order chi connectivity index (χ0) is 17.4. The highest BCUT2D eigenvalue weighted by Crippen LogP contribution is 2.13. The minimum absolute atomic E-state index is 0.0681. The number of carbonyl (C=O) groups is 2. The van der Waals surface area contributed by atoms with Crippen molar-refractivity contribution >= 4 is 11.9 Å². The highest BCUT2D eigenvalue weighted by molar-refractivity contribution is 5.96. The van der Waals surface area contributed by atoms with E-state index < -0.39 is 5.97 Å². The Morgan fingerprint density at radius 2 is 1.88 bits per heavy atom. The Morgan fingerprint density at radius 3 is 2.50 bits per heavy atom. The molecule has 0 bridgehead atoms. The first kappa shape index (κ1) is 17.5. The fraction of sp³-hybridized carbons (Fsp3) is 0.278. The molecule has 24 heavy (non-hydrogen) atoms. The lowest BCUT2D eigenvalue weighted by molar-refractivity contribution is -0.143. The van der Waals surface area contributed by atoms with E-state index in [-0.39, 0.29) is 25.2 Å². The van der Waals surface area contributed by atoms with Gasteiger partial charge in [0.05, 0.1) is 11.8 Å². The maximum Gasteiger partial charge on any atom is 0.325 e. The molecule has 1 heterocycles. The van der Waals surface area contributed by atoms with Crippen LogP contribution in [0.2, 0.25) is 0 Å². The zero-order valence-electron chi connectivity index (χ0n) is 13.7. The average Bonchev–Trinajstić information content (AvgIpc) is 2.59. The highest BCUT2D eigenvalue weighted by atomic mass is 16.5. The van der Waals surface area contributed by atoms with Crippen LogP contribution in [0, 0.1) is 0 Å². The van der Waals surface area contributed by atoms with Gasteiger partial charge >= 0.3 is 5.97 Å². The summed E-state index contributed by atoms with van der Waals surface area (Å²) in [6.45, 7) is 3.74. The molecule has 0 saturated carbocycles. The SMILES string of the molecule is CC(C)Oc1ccc(C(=O)NCC(=O)OCc2ccccn2)cc1. The molecule has 6 heteroatoms. The van der Waals surface area contributed by atoms with Gasteiger partial charge in [-0.2, -0.15) is 0 Å². The van der Waals surface area contributed by atoms with E-state index in [1.165, 1.54) is 0 Å². The third-order valence-electron chi connectivity index (χ3n) is 2.99. The molecule has 2 rings (SSSR count). The fourth-order valence-electron chi connectivity index (χ4n) is 1.90. The molecule has 0 aliphatic rings. The standard InChI is InChI=1S/C18H20N2O4/c1-13(2)24-16-8-6-14(7-9-16)18(22)20-11-17(21)23-12-15-5-3-4-10-19-15/h3-10,13H,11-12H2,1-2H3,(H,20,22). The number of pyridine rings is 1. The van der Waals surface area contributed by atoms with Crippen molar-refractivity contribution in [2.24, 2.45) is 0 Å². The monoisotopic (exact) mass is 328 g/mol. The van der Waals surface area contributed by atoms with Gasteiger partial charge in [-0.1, -0.05) is 6.07 Å². The van der Waals surface area contributed by atoms with Crippen LogP contribution < -0.4 is 10.1 Å². The summed E-state index contributed by atoms with van der Waals surface area (Å²) in [4.78, 5) is 27.7. The molecule has 0 fully saturated rings. The summed E-state index contributed by atoms with van der Waals surface area (Å²) in [6, 6.07) is 12.1. The van der Waals surface area contributed by atoms with Crippen LogP contribution in [0.3, 0.4) is 0 Å². The van der Waals surface area contributed by atoms with Crippen LogP contribution in [0.15, 0.2) is 48.7 Å². The molecular formula is C18H20N2O4. The van der Waals surface area contributed by atoms with E-state index in [1.807, 2.05) is 19.9 Å². The number of benzene rings is 1. The first-order chi connectivity index (χ1) is 11.5. The second-order valence-electron chi connectivity index (χ2n) is 5.36. The Labute approximate surface area is 140 Å². The summed E-state index contributed by atoms with van der Waals surface area (Å²) in [7, 11) is 0. The molecule has 1 amide bonds. The van der Waals surface area contributed by atoms with Crippen LogP contribution >= 0.6 is 0 Å². The van der Waals surface area contributed by atoms with Gasteiger partial charge in [0.1, 0.15) is 18.9 Å². The predicted octanol–water partition coefficient (Wildman–Crippen LogP) is 2.34. The number of aromatic nitrogens is 1. The van der Waals surface area contributed by atoms with Gasteiger partial charge < -0.3 is 14.8 Å². The molecule has 0 aliphatic heterocycles. The normalized spacial score (nSPS) is 10.3. The Bertz CT molecular complexity index is 669. The van der Waals surface area contributed by atoms with Crippen LogP contribution in [0.25, 0.3) is 0 Å². The molecule has 0 radical (unpaired) electrons. The van der Waals surface area contributed by atoms with Crippen molar-refractivity contribution in [2.75, 3.05) is 6.54 Å². The highest BCUT2D eigenvalue weighted by Gasteiger charge is 2.09. The number of amides is 1. The predicted molar refractivity (Wildman–Crippen MR) is 88.6 cm³/mol. The van der Waals surface area contributed by atoms with Crippen LogP contribution in [-0.4, -0.2) is 29.5 Å². The molecular weight excluding hydrogens is 308 g/mol. The molecule has 6 nitrogen and oxygen atoms in total. The number of carbonyl (C=O) groups excluding carboxylic acids is 2. The summed E-state index contributed by atoms with van der Waals surface area (Å²) in [5.41, 5.74) is 1.10. The van der Waals surface area contributed by atoms with E-state index in [9.17, 15) is 9.59 Å². The topological polar surface area (TPSA) is 77.5 Å². The lowest BCUT2D eigenvalue weighted by Gasteiger charge is -2.10. The van der Waals surface area contributed by atoms with Gasteiger partial charge in [-0.25, -0.2) is 0 Å². The molecule has 126 valence electrons. The summed E-state index contributed by atoms with van der Waals surface area (Å²) in [6.07, 6.45) is 1.69. The van der Waals surface area contributed by atoms with Crippen LogP contribution in [0.4, 0.5) is 0 Å². The molecule has 0 atom stereocenters. The summed E-state index contributed by atoms with van der Waals surface area (Å²) >= 11 is 0. The summed E-state index contributed by atoms with van der Waals surface area (Å²) in [5, 5.41) is 2.52. The fourth-order valence-corrected chi connectivity index (χ4v) is 1.90. The number of hydrogen-bond donors (Lipinski definition) is 1. The van der Waals surface area contributed by atoms with Gasteiger partial charge in [-0.3, -0.25) is 14.6 Å². The van der Waals surface area contributed by atoms with Gasteiger partial charge in [0, 0.05) is 11.8 Å². The average molecular weight is 328 g/mol. The Kier molecular flexibility index (Phi) is 6.31. The van der Waals surface area contributed by atoms with Gasteiger partial charge in [-0.05, 0) is 50.2 Å². The van der Waals surface area contributed by atoms with Crippen LogP contribution in [-0.2, 0) is 16.1 Å². The minimum atomic E-state index is -0.520. The van der Waals surface area contributed by atoms with Crippen molar-refractivity contribution in [3.63, 3.8) is 0 Å². The quantitative estimate of drug-likeness (QED) is 0.789. The van der Waals surface area contributed by atoms with Crippen molar-refractivity contribution < 1.29 is 19.1 Å². The Morgan fingerprint density at radius 1 is 1.12 bits per heavy atom. The number of esters is 1. The van der Waals surface area contributed by atoms with E-state index in [1.54, 1.807) is 42.6 Å². The molecule has 1 aromatic carbocycles. The van der Waals surface area contributed by atoms with Crippen molar-refractivity contribution in [1.29, 1.82) is 0 Å². The minimum Gasteiger partial charge on any atom is -0.491 e. The third-order valence-corrected chi connectivity index (χ3v) is 2.99. The van der Waals surface area contributed by atoms with E-state index in [4.69, 9.17) is 9.47 Å². The summed E-state index contributed by atoms with van der Waals surface area (Å²) in [5.74, 6) is -0.175. The maximum absolute atomic E-state index is 12.0. The second kappa shape index (κ2) is 8.67. The van der Waals surface area contributed by atoms with E-state index >= 15 is 0 Å². The van der Waals surface area contributed by atoms with Gasteiger partial charge in [-0.15, -0.1) is 0 Å². The van der Waals surface area contributed by atoms with E-state index in [2.05, 4.69) is 10.3 Å². The second-order valence-corrected chi connectivity index (χ2v) is 5.36. The van der Waals surface area contributed by atoms with Crippen LogP contribution in [0.5, 0.6) is 5.75 Å². The molecule has 1 aromatic heterocycles. The molecule has 2 aromatic rings. The Hall–Kier alpha value is -2.89. The molecule has 1 N–H and O–H groups in total. The first-order valence-electron chi connectivity index (χ1n) is 7.65. The molecule has 0 aliphatic carbocycles. The third kappa shape index (κ3) is 5.72.